The van der Waals surface area contributed by atoms with Gasteiger partial charge in [0, 0.05) is 42.2 Å². The molecule has 2 N–H and O–H groups in total. The minimum Gasteiger partial charge on any atom is -0.383 e. The van der Waals surface area contributed by atoms with Crippen LogP contribution in [0.5, 0.6) is 0 Å². The van der Waals surface area contributed by atoms with Gasteiger partial charge in [0.15, 0.2) is 0 Å². The summed E-state index contributed by atoms with van der Waals surface area (Å²) in [6.45, 7) is 4.43. The first-order chi connectivity index (χ1) is 8.24. The quantitative estimate of drug-likeness (QED) is 0.694. The molecule has 17 heavy (non-hydrogen) atoms. The van der Waals surface area contributed by atoms with Crippen molar-refractivity contribution in [2.45, 2.75) is 6.54 Å². The molecule has 1 aromatic carbocycles. The van der Waals surface area contributed by atoms with Gasteiger partial charge >= 0.3 is 0 Å². The molecule has 0 aromatic heterocycles. The van der Waals surface area contributed by atoms with Gasteiger partial charge in [0.1, 0.15) is 0 Å². The zero-order valence-electron chi connectivity index (χ0n) is 9.93. The number of ether oxygens (including phenoxy) is 1. The summed E-state index contributed by atoms with van der Waals surface area (Å²) < 4.78 is 7.20. The summed E-state index contributed by atoms with van der Waals surface area (Å²) in [5.74, 6) is 0. The van der Waals surface area contributed by atoms with Crippen molar-refractivity contribution in [2.75, 3.05) is 33.4 Å². The molecule has 0 unspecified atom stereocenters. The molecule has 0 radical (unpaired) electrons. The largest absolute Gasteiger partial charge is 0.383 e. The molecule has 5 heteroatoms. The second-order valence-corrected chi connectivity index (χ2v) is 5.43. The minimum atomic E-state index is 0.761. The van der Waals surface area contributed by atoms with Crippen LogP contribution < -0.4 is 10.6 Å². The number of hydrogen-bond donors (Lipinski definition) is 2. The molecule has 0 bridgehead atoms. The smallest absolute Gasteiger partial charge is 0.0587 e. The highest BCUT2D eigenvalue weighted by Gasteiger charge is 1.99. The summed E-state index contributed by atoms with van der Waals surface area (Å²) >= 11 is 7.01. The molecule has 0 saturated heterocycles. The van der Waals surface area contributed by atoms with Crippen molar-refractivity contribution in [1.29, 1.82) is 0 Å². The van der Waals surface area contributed by atoms with E-state index in [0.717, 1.165) is 41.7 Å². The molecular formula is C12H18Br2N2O. The molecule has 0 amide bonds. The Morgan fingerprint density at radius 3 is 2.65 bits per heavy atom. The number of benzene rings is 1. The van der Waals surface area contributed by atoms with Gasteiger partial charge in [-0.25, -0.2) is 0 Å². The molecular weight excluding hydrogens is 348 g/mol. The van der Waals surface area contributed by atoms with Crippen LogP contribution in [0.15, 0.2) is 27.1 Å². The maximum atomic E-state index is 4.95. The molecule has 96 valence electrons. The molecule has 1 aromatic rings. The van der Waals surface area contributed by atoms with Crippen molar-refractivity contribution in [3.8, 4) is 0 Å². The van der Waals surface area contributed by atoms with Crippen LogP contribution >= 0.6 is 31.9 Å². The van der Waals surface area contributed by atoms with Gasteiger partial charge < -0.3 is 15.4 Å². The number of hydrogen-bond acceptors (Lipinski definition) is 3. The van der Waals surface area contributed by atoms with Crippen molar-refractivity contribution in [1.82, 2.24) is 10.6 Å². The molecule has 0 saturated carbocycles. The Balaban J connectivity index is 2.15. The van der Waals surface area contributed by atoms with Crippen LogP contribution in [0, 0.1) is 0 Å². The SMILES string of the molecule is COCCNCCNCc1cc(Br)ccc1Br. The Morgan fingerprint density at radius 2 is 1.88 bits per heavy atom. The van der Waals surface area contributed by atoms with E-state index < -0.39 is 0 Å². The van der Waals surface area contributed by atoms with Crippen molar-refractivity contribution in [3.63, 3.8) is 0 Å². The van der Waals surface area contributed by atoms with Crippen LogP contribution in [0.25, 0.3) is 0 Å². The second-order valence-electron chi connectivity index (χ2n) is 3.66. The summed E-state index contributed by atoms with van der Waals surface area (Å²) in [7, 11) is 1.71. The minimum absolute atomic E-state index is 0.761. The maximum absolute atomic E-state index is 4.95. The van der Waals surface area contributed by atoms with Crippen LogP contribution in [0.1, 0.15) is 5.56 Å². The molecule has 0 fully saturated rings. The monoisotopic (exact) mass is 364 g/mol. The number of nitrogens with one attached hydrogen (secondary N) is 2. The molecule has 3 nitrogen and oxygen atoms in total. The lowest BCUT2D eigenvalue weighted by molar-refractivity contribution is 0.199. The zero-order valence-corrected chi connectivity index (χ0v) is 13.1. The van der Waals surface area contributed by atoms with E-state index in [0.29, 0.717) is 0 Å². The standard InChI is InChI=1S/C12H18Br2N2O/c1-17-7-6-15-4-5-16-9-10-8-11(13)2-3-12(10)14/h2-3,8,15-16H,4-7,9H2,1H3. The Hall–Kier alpha value is 0.0600. The molecule has 0 aliphatic carbocycles. The lowest BCUT2D eigenvalue weighted by Gasteiger charge is -2.08. The third kappa shape index (κ3) is 6.52. The normalized spacial score (nSPS) is 10.8. The predicted molar refractivity (Wildman–Crippen MR) is 78.3 cm³/mol. The Morgan fingerprint density at radius 1 is 1.12 bits per heavy atom. The van der Waals surface area contributed by atoms with Gasteiger partial charge in [0.25, 0.3) is 0 Å². The Labute approximate surface area is 120 Å². The van der Waals surface area contributed by atoms with Gasteiger partial charge in [-0.1, -0.05) is 31.9 Å². The summed E-state index contributed by atoms with van der Waals surface area (Å²) in [5.41, 5.74) is 1.26. The van der Waals surface area contributed by atoms with Crippen LogP contribution in [-0.2, 0) is 11.3 Å². The molecule has 0 aliphatic heterocycles. The fourth-order valence-electron chi connectivity index (χ4n) is 1.38. The van der Waals surface area contributed by atoms with Crippen molar-refractivity contribution in [3.05, 3.63) is 32.7 Å². The number of rotatable bonds is 8. The molecule has 0 heterocycles. The third-order valence-corrected chi connectivity index (χ3v) is 3.55. The van der Waals surface area contributed by atoms with Gasteiger partial charge in [0.05, 0.1) is 6.61 Å². The summed E-state index contributed by atoms with van der Waals surface area (Å²) in [6, 6.07) is 6.20. The maximum Gasteiger partial charge on any atom is 0.0587 e. The summed E-state index contributed by atoms with van der Waals surface area (Å²) in [6.07, 6.45) is 0. The zero-order chi connectivity index (χ0) is 12.5. The topological polar surface area (TPSA) is 33.3 Å². The van der Waals surface area contributed by atoms with Crippen LogP contribution in [0.3, 0.4) is 0 Å². The van der Waals surface area contributed by atoms with Gasteiger partial charge in [0.2, 0.25) is 0 Å². The van der Waals surface area contributed by atoms with E-state index in [1.54, 1.807) is 7.11 Å². The Bertz CT molecular complexity index is 334. The average molecular weight is 366 g/mol. The summed E-state index contributed by atoms with van der Waals surface area (Å²) in [4.78, 5) is 0. The van der Waals surface area contributed by atoms with Crippen LogP contribution in [0.4, 0.5) is 0 Å². The van der Waals surface area contributed by atoms with E-state index in [1.807, 2.05) is 6.07 Å². The van der Waals surface area contributed by atoms with Gasteiger partial charge in [-0.15, -0.1) is 0 Å². The first kappa shape index (κ1) is 15.1. The third-order valence-electron chi connectivity index (χ3n) is 2.28. The highest BCUT2D eigenvalue weighted by atomic mass is 79.9. The first-order valence-electron chi connectivity index (χ1n) is 5.58. The first-order valence-corrected chi connectivity index (χ1v) is 7.17. The fraction of sp³-hybridized carbons (Fsp3) is 0.500. The van der Waals surface area contributed by atoms with Crippen molar-refractivity contribution in [2.24, 2.45) is 0 Å². The molecule has 0 aliphatic rings. The lowest BCUT2D eigenvalue weighted by Crippen LogP contribution is -2.29. The average Bonchev–Trinajstić information content (AvgIpc) is 2.32. The lowest BCUT2D eigenvalue weighted by atomic mass is 10.2. The van der Waals surface area contributed by atoms with Crippen LogP contribution in [-0.4, -0.2) is 33.4 Å². The molecule has 0 atom stereocenters. The van der Waals surface area contributed by atoms with E-state index in [4.69, 9.17) is 4.74 Å². The van der Waals surface area contributed by atoms with E-state index in [1.165, 1.54) is 5.56 Å². The second kappa shape index (κ2) is 9.05. The van der Waals surface area contributed by atoms with E-state index in [9.17, 15) is 0 Å². The van der Waals surface area contributed by atoms with Crippen molar-refractivity contribution >= 4 is 31.9 Å². The van der Waals surface area contributed by atoms with E-state index in [2.05, 4.69) is 54.6 Å². The molecule has 0 spiro atoms. The summed E-state index contributed by atoms with van der Waals surface area (Å²) in [5, 5.41) is 6.68. The highest BCUT2D eigenvalue weighted by Crippen LogP contribution is 2.21. The van der Waals surface area contributed by atoms with Gasteiger partial charge in [-0.2, -0.15) is 0 Å². The Kier molecular flexibility index (Phi) is 8.05. The van der Waals surface area contributed by atoms with Crippen LogP contribution in [0.2, 0.25) is 0 Å². The van der Waals surface area contributed by atoms with Crippen molar-refractivity contribution < 1.29 is 4.74 Å². The van der Waals surface area contributed by atoms with E-state index >= 15 is 0 Å². The van der Waals surface area contributed by atoms with Gasteiger partial charge in [-0.3, -0.25) is 0 Å². The predicted octanol–water partition coefficient (Wildman–Crippen LogP) is 2.54. The molecule has 1 rings (SSSR count). The highest BCUT2D eigenvalue weighted by molar-refractivity contribution is 9.11. The van der Waals surface area contributed by atoms with Gasteiger partial charge in [-0.05, 0) is 23.8 Å². The fourth-order valence-corrected chi connectivity index (χ4v) is 2.17. The van der Waals surface area contributed by atoms with E-state index in [-0.39, 0.29) is 0 Å². The number of methoxy groups -OCH3 is 1. The number of halogens is 2.